The van der Waals surface area contributed by atoms with E-state index in [2.05, 4.69) is 43.8 Å². The molecule has 0 spiro atoms. The van der Waals surface area contributed by atoms with Crippen LogP contribution in [0.25, 0.3) is 0 Å². The second kappa shape index (κ2) is 5.71. The monoisotopic (exact) mass is 417 g/mol. The average molecular weight is 418 g/mol. The number of nitrogens with one attached hydrogen (secondary N) is 1. The minimum Gasteiger partial charge on any atom is -0.507 e. The third-order valence-corrected chi connectivity index (χ3v) is 3.63. The molecule has 0 aliphatic carbocycles. The van der Waals surface area contributed by atoms with E-state index in [0.29, 0.717) is 10.0 Å². The van der Waals surface area contributed by atoms with Gasteiger partial charge >= 0.3 is 0 Å². The van der Waals surface area contributed by atoms with E-state index in [4.69, 9.17) is 0 Å². The number of phenolic OH excluding ortho intramolecular Hbond substituents is 1. The van der Waals surface area contributed by atoms with Crippen molar-refractivity contribution < 1.29 is 9.90 Å². The molecule has 0 fully saturated rings. The number of hydrogen-bond donors (Lipinski definition) is 2. The summed E-state index contributed by atoms with van der Waals surface area (Å²) >= 11 is 5.35. The highest BCUT2D eigenvalue weighted by molar-refractivity contribution is 14.1. The Morgan fingerprint density at radius 1 is 1.22 bits per heavy atom. The lowest BCUT2D eigenvalue weighted by atomic mass is 10.2. The predicted molar refractivity (Wildman–Crippen MR) is 82.9 cm³/mol. The molecule has 0 radical (unpaired) electrons. The van der Waals surface area contributed by atoms with Crippen LogP contribution in [0, 0.1) is 3.57 Å². The standard InChI is InChI=1S/C13H9BrINO2/c14-11-5-4-8(6-12(11)17)13(18)16-10-3-1-2-9(15)7-10/h1-7,17H,(H,16,18). The number of phenols is 1. The summed E-state index contributed by atoms with van der Waals surface area (Å²) in [5.74, 6) is -0.204. The van der Waals surface area contributed by atoms with Gasteiger partial charge in [-0.15, -0.1) is 0 Å². The van der Waals surface area contributed by atoms with Crippen LogP contribution in [0.2, 0.25) is 0 Å². The zero-order valence-electron chi connectivity index (χ0n) is 9.15. The van der Waals surface area contributed by atoms with Crippen molar-refractivity contribution in [2.24, 2.45) is 0 Å². The molecule has 0 unspecified atom stereocenters. The summed E-state index contributed by atoms with van der Waals surface area (Å²) in [7, 11) is 0. The fourth-order valence-electron chi connectivity index (χ4n) is 1.42. The average Bonchev–Trinajstić information content (AvgIpc) is 2.32. The number of carbonyl (C=O) groups excluding carboxylic acids is 1. The number of rotatable bonds is 2. The van der Waals surface area contributed by atoms with Crippen LogP contribution in [-0.4, -0.2) is 11.0 Å². The minimum atomic E-state index is -0.250. The van der Waals surface area contributed by atoms with Crippen LogP contribution in [0.5, 0.6) is 5.75 Å². The quantitative estimate of drug-likeness (QED) is 0.725. The molecule has 0 saturated carbocycles. The molecule has 0 saturated heterocycles. The Hall–Kier alpha value is -1.08. The number of carbonyl (C=O) groups is 1. The summed E-state index contributed by atoms with van der Waals surface area (Å²) in [5.41, 5.74) is 1.14. The number of benzene rings is 2. The molecule has 3 nitrogen and oxygen atoms in total. The van der Waals surface area contributed by atoms with Gasteiger partial charge in [-0.25, -0.2) is 0 Å². The number of anilines is 1. The maximum Gasteiger partial charge on any atom is 0.255 e. The first-order chi connectivity index (χ1) is 8.56. The smallest absolute Gasteiger partial charge is 0.255 e. The minimum absolute atomic E-state index is 0.0466. The van der Waals surface area contributed by atoms with Crippen molar-refractivity contribution in [3.05, 3.63) is 56.1 Å². The summed E-state index contributed by atoms with van der Waals surface area (Å²) < 4.78 is 1.61. The summed E-state index contributed by atoms with van der Waals surface area (Å²) in [4.78, 5) is 11.9. The van der Waals surface area contributed by atoms with Crippen LogP contribution >= 0.6 is 38.5 Å². The Bertz CT molecular complexity index is 601. The Labute approximate surface area is 126 Å². The highest BCUT2D eigenvalue weighted by Crippen LogP contribution is 2.24. The molecule has 2 N–H and O–H groups in total. The van der Waals surface area contributed by atoms with Gasteiger partial charge in [-0.3, -0.25) is 4.79 Å². The molecule has 2 aromatic rings. The molecule has 0 atom stereocenters. The van der Waals surface area contributed by atoms with E-state index in [9.17, 15) is 9.90 Å². The second-order valence-corrected chi connectivity index (χ2v) is 5.73. The first kappa shape index (κ1) is 13.4. The number of hydrogen-bond acceptors (Lipinski definition) is 2. The summed E-state index contributed by atoms with van der Waals surface area (Å²) in [6.07, 6.45) is 0. The SMILES string of the molecule is O=C(Nc1cccc(I)c1)c1ccc(Br)c(O)c1. The van der Waals surface area contributed by atoms with Crippen molar-refractivity contribution in [3.63, 3.8) is 0 Å². The molecule has 2 rings (SSSR count). The van der Waals surface area contributed by atoms with Crippen LogP contribution in [0.4, 0.5) is 5.69 Å². The van der Waals surface area contributed by atoms with Gasteiger partial charge in [-0.2, -0.15) is 0 Å². The third-order valence-electron chi connectivity index (χ3n) is 2.29. The van der Waals surface area contributed by atoms with E-state index in [1.165, 1.54) is 6.07 Å². The second-order valence-electron chi connectivity index (χ2n) is 3.63. The van der Waals surface area contributed by atoms with E-state index < -0.39 is 0 Å². The molecule has 92 valence electrons. The highest BCUT2D eigenvalue weighted by atomic mass is 127. The van der Waals surface area contributed by atoms with E-state index in [-0.39, 0.29) is 11.7 Å². The maximum atomic E-state index is 11.9. The van der Waals surface area contributed by atoms with Crippen molar-refractivity contribution in [2.45, 2.75) is 0 Å². The lowest BCUT2D eigenvalue weighted by Gasteiger charge is -2.06. The van der Waals surface area contributed by atoms with Crippen LogP contribution in [0.1, 0.15) is 10.4 Å². The molecule has 0 aliphatic heterocycles. The van der Waals surface area contributed by atoms with Crippen LogP contribution < -0.4 is 5.32 Å². The maximum absolute atomic E-state index is 11.9. The summed E-state index contributed by atoms with van der Waals surface area (Å²) in [6, 6.07) is 12.2. The Kier molecular flexibility index (Phi) is 4.23. The largest absolute Gasteiger partial charge is 0.507 e. The molecule has 18 heavy (non-hydrogen) atoms. The van der Waals surface area contributed by atoms with Crippen molar-refractivity contribution in [2.75, 3.05) is 5.32 Å². The van der Waals surface area contributed by atoms with Gasteiger partial charge in [0.2, 0.25) is 0 Å². The lowest BCUT2D eigenvalue weighted by Crippen LogP contribution is -2.11. The summed E-state index contributed by atoms with van der Waals surface area (Å²) in [5, 5.41) is 12.3. The van der Waals surface area contributed by atoms with Gasteiger partial charge in [-0.1, -0.05) is 6.07 Å². The van der Waals surface area contributed by atoms with Gasteiger partial charge in [0.25, 0.3) is 5.91 Å². The van der Waals surface area contributed by atoms with Gasteiger partial charge in [0.05, 0.1) is 4.47 Å². The Morgan fingerprint density at radius 2 is 2.00 bits per heavy atom. The van der Waals surface area contributed by atoms with Crippen LogP contribution in [0.3, 0.4) is 0 Å². The predicted octanol–water partition coefficient (Wildman–Crippen LogP) is 4.01. The van der Waals surface area contributed by atoms with E-state index in [1.807, 2.05) is 24.3 Å². The normalized spacial score (nSPS) is 10.1. The fourth-order valence-corrected chi connectivity index (χ4v) is 2.21. The van der Waals surface area contributed by atoms with Gasteiger partial charge in [0.15, 0.2) is 0 Å². The van der Waals surface area contributed by atoms with Gasteiger partial charge in [0, 0.05) is 14.8 Å². The van der Waals surface area contributed by atoms with E-state index in [0.717, 1.165) is 9.26 Å². The molecule has 5 heteroatoms. The zero-order chi connectivity index (χ0) is 13.1. The van der Waals surface area contributed by atoms with Gasteiger partial charge in [0.1, 0.15) is 5.75 Å². The topological polar surface area (TPSA) is 49.3 Å². The first-order valence-corrected chi connectivity index (χ1v) is 6.99. The Balaban J connectivity index is 2.19. The molecular formula is C13H9BrINO2. The first-order valence-electron chi connectivity index (χ1n) is 5.12. The van der Waals surface area contributed by atoms with Crippen LogP contribution in [0.15, 0.2) is 46.9 Å². The zero-order valence-corrected chi connectivity index (χ0v) is 12.9. The highest BCUT2D eigenvalue weighted by Gasteiger charge is 2.08. The molecule has 0 heterocycles. The Morgan fingerprint density at radius 3 is 2.67 bits per heavy atom. The van der Waals surface area contributed by atoms with Crippen LogP contribution in [-0.2, 0) is 0 Å². The summed E-state index contributed by atoms with van der Waals surface area (Å²) in [6.45, 7) is 0. The molecule has 0 bridgehead atoms. The molecule has 2 aromatic carbocycles. The van der Waals surface area contributed by atoms with Gasteiger partial charge in [-0.05, 0) is 74.9 Å². The van der Waals surface area contributed by atoms with Crippen molar-refractivity contribution >= 4 is 50.1 Å². The lowest BCUT2D eigenvalue weighted by molar-refractivity contribution is 0.102. The van der Waals surface area contributed by atoms with Crippen molar-refractivity contribution in [3.8, 4) is 5.75 Å². The van der Waals surface area contributed by atoms with Crippen molar-refractivity contribution in [1.29, 1.82) is 0 Å². The van der Waals surface area contributed by atoms with E-state index in [1.54, 1.807) is 12.1 Å². The third kappa shape index (κ3) is 3.23. The molecule has 0 aliphatic rings. The molecule has 1 amide bonds. The van der Waals surface area contributed by atoms with E-state index >= 15 is 0 Å². The molecule has 0 aromatic heterocycles. The van der Waals surface area contributed by atoms with Gasteiger partial charge < -0.3 is 10.4 Å². The number of aromatic hydroxyl groups is 1. The molecular weight excluding hydrogens is 409 g/mol. The number of amides is 1. The van der Waals surface area contributed by atoms with Crippen molar-refractivity contribution in [1.82, 2.24) is 0 Å². The fraction of sp³-hybridized carbons (Fsp3) is 0. The number of halogens is 2.